The lowest BCUT2D eigenvalue weighted by Crippen LogP contribution is -2.11. The Labute approximate surface area is 165 Å². The highest BCUT2D eigenvalue weighted by Gasteiger charge is 2.33. The third kappa shape index (κ3) is 5.92. The highest BCUT2D eigenvalue weighted by molar-refractivity contribution is 6.31. The van der Waals surface area contributed by atoms with E-state index in [1.807, 2.05) is 13.8 Å². The van der Waals surface area contributed by atoms with E-state index >= 15 is 0 Å². The number of carbonyl (C=O) groups is 1. The number of carbonyl (C=O) groups excluding carboxylic acids is 1. The molecule has 1 amide bonds. The summed E-state index contributed by atoms with van der Waals surface area (Å²) in [6.07, 6.45) is -1.91. The molecule has 0 saturated heterocycles. The van der Waals surface area contributed by atoms with Crippen LogP contribution >= 0.6 is 11.6 Å². The monoisotopic (exact) mass is 413 g/mol. The van der Waals surface area contributed by atoms with E-state index in [1.165, 1.54) is 25.3 Å². The van der Waals surface area contributed by atoms with E-state index in [0.29, 0.717) is 17.1 Å². The Bertz CT molecular complexity index is 879. The van der Waals surface area contributed by atoms with Gasteiger partial charge in [-0.05, 0) is 55.8 Å². The summed E-state index contributed by atoms with van der Waals surface area (Å²) < 4.78 is 49.5. The van der Waals surface area contributed by atoms with Gasteiger partial charge in [-0.2, -0.15) is 13.2 Å². The number of rotatable bonds is 6. The van der Waals surface area contributed by atoms with Crippen LogP contribution in [0.4, 0.5) is 18.9 Å². The van der Waals surface area contributed by atoms with E-state index in [1.54, 1.807) is 18.2 Å². The molecule has 0 saturated carbocycles. The fraction of sp³-hybridized carbons (Fsp3) is 0.250. The second kappa shape index (κ2) is 9.01. The fourth-order valence-electron chi connectivity index (χ4n) is 2.32. The highest BCUT2D eigenvalue weighted by atomic mass is 35.5. The zero-order valence-electron chi connectivity index (χ0n) is 15.4. The maximum atomic E-state index is 12.9. The van der Waals surface area contributed by atoms with Crippen molar-refractivity contribution in [2.75, 3.05) is 12.4 Å². The minimum absolute atomic E-state index is 0.00960. The lowest BCUT2D eigenvalue weighted by molar-refractivity contribution is -0.137. The number of amides is 1. The number of benzene rings is 2. The lowest BCUT2D eigenvalue weighted by Gasteiger charge is -2.13. The number of ether oxygens (including phenoxy) is 2. The van der Waals surface area contributed by atoms with E-state index in [9.17, 15) is 18.0 Å². The molecule has 0 fully saturated rings. The van der Waals surface area contributed by atoms with Crippen LogP contribution in [0.25, 0.3) is 6.08 Å². The van der Waals surface area contributed by atoms with Crippen molar-refractivity contribution >= 4 is 29.3 Å². The Morgan fingerprint density at radius 2 is 1.86 bits per heavy atom. The molecule has 0 unspecified atom stereocenters. The van der Waals surface area contributed by atoms with Crippen LogP contribution < -0.4 is 14.8 Å². The molecule has 4 nitrogen and oxygen atoms in total. The van der Waals surface area contributed by atoms with Crippen LogP contribution in [0.15, 0.2) is 42.5 Å². The number of methoxy groups -OCH3 is 1. The van der Waals surface area contributed by atoms with Crippen molar-refractivity contribution in [3.8, 4) is 11.5 Å². The second-order valence-electron chi connectivity index (χ2n) is 6.09. The Hall–Kier alpha value is -2.67. The molecule has 150 valence electrons. The molecular weight excluding hydrogens is 395 g/mol. The normalized spacial score (nSPS) is 11.7. The molecule has 2 aromatic rings. The van der Waals surface area contributed by atoms with Gasteiger partial charge in [0, 0.05) is 11.8 Å². The second-order valence-corrected chi connectivity index (χ2v) is 6.50. The van der Waals surface area contributed by atoms with E-state index in [0.717, 1.165) is 12.1 Å². The van der Waals surface area contributed by atoms with Crippen molar-refractivity contribution in [1.82, 2.24) is 0 Å². The minimum Gasteiger partial charge on any atom is -0.493 e. The van der Waals surface area contributed by atoms with Crippen LogP contribution in [0.2, 0.25) is 5.02 Å². The highest BCUT2D eigenvalue weighted by Crippen LogP contribution is 2.36. The first-order valence-corrected chi connectivity index (χ1v) is 8.68. The molecule has 2 aromatic carbocycles. The van der Waals surface area contributed by atoms with Crippen molar-refractivity contribution in [3.05, 3.63) is 58.6 Å². The maximum absolute atomic E-state index is 12.9. The van der Waals surface area contributed by atoms with Gasteiger partial charge in [0.05, 0.1) is 23.8 Å². The lowest BCUT2D eigenvalue weighted by atomic mass is 10.1. The van der Waals surface area contributed by atoms with Crippen molar-refractivity contribution in [2.45, 2.75) is 26.1 Å². The maximum Gasteiger partial charge on any atom is 0.417 e. The summed E-state index contributed by atoms with van der Waals surface area (Å²) in [4.78, 5) is 12.0. The summed E-state index contributed by atoms with van der Waals surface area (Å²) in [6.45, 7) is 3.77. The summed E-state index contributed by atoms with van der Waals surface area (Å²) in [5, 5.41) is 1.94. The van der Waals surface area contributed by atoms with Gasteiger partial charge in [-0.3, -0.25) is 4.79 Å². The van der Waals surface area contributed by atoms with Gasteiger partial charge >= 0.3 is 6.18 Å². The average Bonchev–Trinajstić information content (AvgIpc) is 2.61. The molecule has 0 heterocycles. The standard InChI is InChI=1S/C20H19ClF3NO3/c1-12(2)28-17-8-4-13(10-18(17)27-3)5-9-19(26)25-14-6-7-16(21)15(11-14)20(22,23)24/h4-12H,1-3H3,(H,25,26)/b9-5+. The topological polar surface area (TPSA) is 47.6 Å². The molecule has 0 aliphatic rings. The average molecular weight is 414 g/mol. The molecule has 1 N–H and O–H groups in total. The van der Waals surface area contributed by atoms with Crippen LogP contribution in [0.3, 0.4) is 0 Å². The largest absolute Gasteiger partial charge is 0.493 e. The SMILES string of the molecule is COc1cc(/C=C/C(=O)Nc2ccc(Cl)c(C(F)(F)F)c2)ccc1OC(C)C. The molecule has 0 bridgehead atoms. The van der Waals surface area contributed by atoms with Gasteiger partial charge in [0.1, 0.15) is 0 Å². The third-order valence-electron chi connectivity index (χ3n) is 3.52. The molecule has 0 radical (unpaired) electrons. The summed E-state index contributed by atoms with van der Waals surface area (Å²) in [7, 11) is 1.50. The van der Waals surface area contributed by atoms with Crippen molar-refractivity contribution in [2.24, 2.45) is 0 Å². The van der Waals surface area contributed by atoms with Crippen LogP contribution in [0.5, 0.6) is 11.5 Å². The summed E-state index contributed by atoms with van der Waals surface area (Å²) in [5.74, 6) is 0.487. The van der Waals surface area contributed by atoms with Gasteiger partial charge in [-0.25, -0.2) is 0 Å². The Balaban J connectivity index is 2.12. The fourth-order valence-corrected chi connectivity index (χ4v) is 2.54. The number of hydrogen-bond donors (Lipinski definition) is 1. The van der Waals surface area contributed by atoms with Crippen LogP contribution in [0.1, 0.15) is 25.0 Å². The van der Waals surface area contributed by atoms with Gasteiger partial charge < -0.3 is 14.8 Å². The predicted octanol–water partition coefficient (Wildman–Crippen LogP) is 5.81. The van der Waals surface area contributed by atoms with Crippen molar-refractivity contribution < 1.29 is 27.4 Å². The zero-order valence-corrected chi connectivity index (χ0v) is 16.2. The molecule has 0 aromatic heterocycles. The van der Waals surface area contributed by atoms with Crippen molar-refractivity contribution in [1.29, 1.82) is 0 Å². The first-order chi connectivity index (χ1) is 13.1. The van der Waals surface area contributed by atoms with E-state index < -0.39 is 22.7 Å². The summed E-state index contributed by atoms with van der Waals surface area (Å²) in [6, 6.07) is 8.30. The van der Waals surface area contributed by atoms with Crippen LogP contribution in [0, 0.1) is 0 Å². The Morgan fingerprint density at radius 3 is 2.46 bits per heavy atom. The third-order valence-corrected chi connectivity index (χ3v) is 3.85. The van der Waals surface area contributed by atoms with Gasteiger partial charge in [-0.1, -0.05) is 17.7 Å². The molecule has 0 aliphatic carbocycles. The number of alkyl halides is 3. The Kier molecular flexibility index (Phi) is 6.96. The first kappa shape index (κ1) is 21.6. The number of anilines is 1. The van der Waals surface area contributed by atoms with E-state index in [2.05, 4.69) is 5.32 Å². The smallest absolute Gasteiger partial charge is 0.417 e. The van der Waals surface area contributed by atoms with Gasteiger partial charge in [0.2, 0.25) is 5.91 Å². The molecule has 2 rings (SSSR count). The quantitative estimate of drug-likeness (QED) is 0.608. The summed E-state index contributed by atoms with van der Waals surface area (Å²) >= 11 is 5.56. The molecule has 0 spiro atoms. The van der Waals surface area contributed by atoms with Gasteiger partial charge in [-0.15, -0.1) is 0 Å². The van der Waals surface area contributed by atoms with Crippen molar-refractivity contribution in [3.63, 3.8) is 0 Å². The van der Waals surface area contributed by atoms with Gasteiger partial charge in [0.25, 0.3) is 0 Å². The van der Waals surface area contributed by atoms with E-state index in [4.69, 9.17) is 21.1 Å². The molecular formula is C20H19ClF3NO3. The van der Waals surface area contributed by atoms with Gasteiger partial charge in [0.15, 0.2) is 11.5 Å². The summed E-state index contributed by atoms with van der Waals surface area (Å²) in [5.41, 5.74) is -0.360. The molecule has 0 atom stereocenters. The minimum atomic E-state index is -4.61. The Morgan fingerprint density at radius 1 is 1.14 bits per heavy atom. The molecule has 28 heavy (non-hydrogen) atoms. The van der Waals surface area contributed by atoms with Crippen LogP contribution in [-0.2, 0) is 11.0 Å². The zero-order chi connectivity index (χ0) is 20.9. The molecule has 0 aliphatic heterocycles. The number of hydrogen-bond acceptors (Lipinski definition) is 3. The number of nitrogens with one attached hydrogen (secondary N) is 1. The first-order valence-electron chi connectivity index (χ1n) is 8.30. The predicted molar refractivity (Wildman–Crippen MR) is 103 cm³/mol. The molecule has 8 heteroatoms. The number of halogens is 4. The van der Waals surface area contributed by atoms with Crippen LogP contribution in [-0.4, -0.2) is 19.1 Å². The van der Waals surface area contributed by atoms with E-state index in [-0.39, 0.29) is 11.8 Å².